The summed E-state index contributed by atoms with van der Waals surface area (Å²) in [5.41, 5.74) is -2.59. The first kappa shape index (κ1) is 89.0. The van der Waals surface area contributed by atoms with Gasteiger partial charge in [0.05, 0.1) is 56.9 Å². The van der Waals surface area contributed by atoms with Crippen LogP contribution in [0.5, 0.6) is 23.0 Å². The molecule has 4 aromatic heterocycles. The number of hydrogen-bond donors (Lipinski definition) is 12. The van der Waals surface area contributed by atoms with Gasteiger partial charge in [-0.25, -0.2) is 55.0 Å². The van der Waals surface area contributed by atoms with Crippen molar-refractivity contribution in [3.05, 3.63) is 223 Å². The molecule has 0 amide bonds. The average molecular weight is 2030 g/mol. The molecule has 0 saturated carbocycles. The summed E-state index contributed by atoms with van der Waals surface area (Å²) in [6.07, 6.45) is -3.84. The molecule has 0 bridgehead atoms. The normalized spacial score (nSPS) is 33.6. The summed E-state index contributed by atoms with van der Waals surface area (Å²) >= 11 is 43.0. The van der Waals surface area contributed by atoms with Crippen molar-refractivity contribution in [2.75, 3.05) is 26.3 Å². The number of nitrogens with zero attached hydrogens (tertiary/aromatic N) is 4. The summed E-state index contributed by atoms with van der Waals surface area (Å²) in [4.78, 5) is 57.8. The van der Waals surface area contributed by atoms with Crippen molar-refractivity contribution in [1.82, 2.24) is 38.2 Å². The number of nitrogens with one attached hydrogen (secondary N) is 4. The van der Waals surface area contributed by atoms with Gasteiger partial charge in [-0.2, -0.15) is 0 Å². The summed E-state index contributed by atoms with van der Waals surface area (Å²) < 4.78 is 244. The molecular weight excluding hydrogens is 1960 g/mol. The Kier molecular flexibility index (Phi) is 26.5. The van der Waals surface area contributed by atoms with Crippen molar-refractivity contribution in [2.45, 2.75) is 124 Å². The predicted octanol–water partition coefficient (Wildman–Crippen LogP) is 8.76. The number of aromatic nitrogens is 8. The maximum Gasteiger partial charge on any atom is 0.530 e. The lowest BCUT2D eigenvalue weighted by Crippen LogP contribution is -2.43. The minimum atomic E-state index is -4.87. The van der Waals surface area contributed by atoms with Crippen LogP contribution in [0.4, 0.5) is 17.6 Å². The summed E-state index contributed by atoms with van der Waals surface area (Å²) in [5, 5.41) is 84.0. The van der Waals surface area contributed by atoms with Crippen LogP contribution in [0.3, 0.4) is 0 Å². The second kappa shape index (κ2) is 38.1. The monoisotopic (exact) mass is 2020 g/mol. The van der Waals surface area contributed by atoms with Crippen molar-refractivity contribution in [3.8, 4) is 72.4 Å². The molecule has 12 N–H and O–H groups in total. The fraction of sp³-hybridized carbons (Fsp3) is 0.333. The highest BCUT2D eigenvalue weighted by Crippen LogP contribution is 2.61. The van der Waals surface area contributed by atoms with Crippen LogP contribution in [0.25, 0.3) is 0 Å². The number of alkyl halides is 4. The Bertz CT molecular complexity index is 7030. The number of aromatic amines is 4. The van der Waals surface area contributed by atoms with Gasteiger partial charge in [0.25, 0.3) is 23.4 Å². The Morgan fingerprint density at radius 3 is 0.969 bits per heavy atom. The third kappa shape index (κ3) is 20.5. The molecule has 20 atom stereocenters. The Labute approximate surface area is 763 Å². The Morgan fingerprint density at radius 2 is 0.656 bits per heavy atom. The molecule has 12 heterocycles. The SMILES string of the molecule is C#Cc1cn([C@@H]2O[C@](F)(COP3(=O)OCc4cc(Cl)ccc4O3)[C@@H](O)[C@H]2O)c(=O)[nH]c1=S.[2H]C([2H])(OP1(=O)OCc2cc(Cl)ccc2O1)[C@@]1(F)O[C@@H](n2cc(C#C)c(=S)[nH]c2=O)[C@H](O)[C@@H]1O.[2H]C([2H])(OP1(=O)OCc2cc(Cl)ccc2O1)[C@@]1(F)O[C@@]([2H])(n2cc(C#C)c(=S)[nH]c2=O)[C@H](O)[C@@H]1O.[2H][C@@]1(n2cc(C#C)c(=S)[nH]c2=O)O[C@](F)(COP2(=O)OCc3cc(Cl)ccc3O2)[C@@H](O)[C@H]1O. The number of fused-ring (bicyclic) bond motifs is 4. The fourth-order valence-electron chi connectivity index (χ4n) is 11.9. The maximum atomic E-state index is 15.9. The zero-order valence-corrected chi connectivity index (χ0v) is 73.0. The summed E-state index contributed by atoms with van der Waals surface area (Å²) in [6.45, 7) is -11.2. The molecule has 0 spiro atoms. The van der Waals surface area contributed by atoms with Gasteiger partial charge in [0, 0.05) is 67.1 Å². The van der Waals surface area contributed by atoms with E-state index in [2.05, 4.69) is 43.6 Å². The molecule has 56 heteroatoms. The van der Waals surface area contributed by atoms with Crippen LogP contribution >= 0.6 is 127 Å². The molecule has 0 radical (unpaired) electrons. The van der Waals surface area contributed by atoms with Crippen molar-refractivity contribution < 1.29 is 158 Å². The van der Waals surface area contributed by atoms with Crippen molar-refractivity contribution in [3.63, 3.8) is 0 Å². The molecule has 4 fully saturated rings. The molecule has 0 aliphatic carbocycles. The highest BCUT2D eigenvalue weighted by atomic mass is 35.5. The van der Waals surface area contributed by atoms with Gasteiger partial charge in [-0.15, -0.1) is 25.7 Å². The third-order valence-electron chi connectivity index (χ3n) is 18.5. The number of rotatable bonds is 16. The fourth-order valence-corrected chi connectivity index (χ4v) is 18.2. The average Bonchev–Trinajstić information content (AvgIpc) is 1.56. The van der Waals surface area contributed by atoms with E-state index in [0.29, 0.717) is 51.5 Å². The molecule has 40 nitrogen and oxygen atoms in total. The quantitative estimate of drug-likeness (QED) is 0.0186. The van der Waals surface area contributed by atoms with Crippen molar-refractivity contribution in [2.24, 2.45) is 0 Å². The number of phosphoric acid groups is 4. The number of hydrogen-bond acceptors (Lipinski definition) is 36. The minimum Gasteiger partial charge on any atom is -0.404 e. The standard InChI is InChI=1S/4C18H15ClFN2O8PS/c4*1-2-9-6-22(17(25)21-15(9)32)16-13(23)14(24)18(20,29-16)8-28-31(26)27-7-10-5-11(19)3-4-12(10)30-31/h4*1,3-6,13-14,16,23-24H,7-8H2,(H,21,25,32)/t4*13-,14+,16-,18-,31?/m1111/s1/i8D2,16D;16D;8D2;. The van der Waals surface area contributed by atoms with Gasteiger partial charge in [-0.3, -0.25) is 74.4 Å². The molecule has 4 unspecified atom stereocenters. The number of aliphatic hydroxyl groups excluding tert-OH is 8. The van der Waals surface area contributed by atoms with Gasteiger partial charge in [-0.1, -0.05) is 119 Å². The highest BCUT2D eigenvalue weighted by Gasteiger charge is 2.62. The Balaban J connectivity index is 0.000000152. The van der Waals surface area contributed by atoms with Gasteiger partial charge in [0.15, 0.2) is 24.9 Å². The molecule has 8 aliphatic rings. The largest absolute Gasteiger partial charge is 0.530 e. The zero-order chi connectivity index (χ0) is 98.5. The van der Waals surface area contributed by atoms with E-state index in [1.165, 1.54) is 72.8 Å². The number of H-pyrrole nitrogens is 4. The van der Waals surface area contributed by atoms with Crippen LogP contribution in [-0.2, 0) is 99.8 Å². The summed E-state index contributed by atoms with van der Waals surface area (Å²) in [7, 11) is -18.3. The van der Waals surface area contributed by atoms with Crippen LogP contribution in [0, 0.1) is 67.9 Å². The smallest absolute Gasteiger partial charge is 0.404 e. The van der Waals surface area contributed by atoms with E-state index in [0.717, 1.165) is 29.4 Å². The first-order valence-corrected chi connectivity index (χ1v) is 44.3. The topological polar surface area (TPSA) is 529 Å². The number of ether oxygens (including phenoxy) is 4. The number of phosphoric ester groups is 4. The van der Waals surface area contributed by atoms with Crippen molar-refractivity contribution in [1.29, 1.82) is 0 Å². The van der Waals surface area contributed by atoms with E-state index in [4.69, 9.17) is 202 Å². The molecule has 8 aliphatic heterocycles. The molecule has 4 aromatic carbocycles. The second-order valence-electron chi connectivity index (χ2n) is 26.9. The second-order valence-corrected chi connectivity index (χ2v) is 36.5. The van der Waals surface area contributed by atoms with Crippen LogP contribution in [0.2, 0.25) is 20.1 Å². The molecule has 4 saturated heterocycles. The van der Waals surface area contributed by atoms with E-state index >= 15 is 17.6 Å². The molecular formula is C72H60Cl4F4N8O32P4S4. The predicted molar refractivity (Wildman–Crippen MR) is 441 cm³/mol. The third-order valence-corrected chi connectivity index (χ3v) is 25.7. The van der Waals surface area contributed by atoms with Crippen LogP contribution in [0.1, 0.15) is 77.6 Å². The van der Waals surface area contributed by atoms with Gasteiger partial charge >= 0.3 is 54.0 Å². The first-order chi connectivity index (χ1) is 62.4. The highest BCUT2D eigenvalue weighted by molar-refractivity contribution is 7.72. The summed E-state index contributed by atoms with van der Waals surface area (Å²) in [6, 6.07) is 17.1. The minimum absolute atomic E-state index is 0.0126. The van der Waals surface area contributed by atoms with Crippen LogP contribution in [-0.4, -0.2) is 178 Å². The van der Waals surface area contributed by atoms with Crippen LogP contribution < -0.4 is 40.9 Å². The lowest BCUT2D eigenvalue weighted by Gasteiger charge is -2.28. The van der Waals surface area contributed by atoms with Gasteiger partial charge in [0.1, 0.15) is 117 Å². The lowest BCUT2D eigenvalue weighted by molar-refractivity contribution is -0.205. The van der Waals surface area contributed by atoms with Crippen LogP contribution in [0.15, 0.2) is 117 Å². The maximum absolute atomic E-state index is 15.9. The van der Waals surface area contributed by atoms with E-state index in [1.807, 2.05) is 0 Å². The van der Waals surface area contributed by atoms with E-state index < -0.39 is 184 Å². The van der Waals surface area contributed by atoms with Crippen molar-refractivity contribution >= 4 is 127 Å². The van der Waals surface area contributed by atoms with E-state index in [1.54, 1.807) is 0 Å². The molecule has 16 rings (SSSR count). The molecule has 680 valence electrons. The number of terminal acetylenes is 4. The number of aliphatic hydroxyl groups is 8. The molecule has 128 heavy (non-hydrogen) atoms. The Hall–Kier alpha value is -8.28. The first-order valence-electron chi connectivity index (χ1n) is 38.3. The van der Waals surface area contributed by atoms with Gasteiger partial charge in [0.2, 0.25) is 0 Å². The zero-order valence-electron chi connectivity index (χ0n) is 69.2. The lowest BCUT2D eigenvalue weighted by atomic mass is 10.1. The van der Waals surface area contributed by atoms with Gasteiger partial charge < -0.3 is 77.9 Å². The van der Waals surface area contributed by atoms with E-state index in [9.17, 15) is 78.3 Å². The van der Waals surface area contributed by atoms with Gasteiger partial charge in [-0.05, 0) is 72.8 Å². The molecule has 8 aromatic rings. The number of halogens is 8. The Morgan fingerprint density at radius 1 is 0.414 bits per heavy atom. The van der Waals surface area contributed by atoms with E-state index in [-0.39, 0.29) is 88.2 Å². The number of benzene rings is 4. The summed E-state index contributed by atoms with van der Waals surface area (Å²) in [5.74, 6) is -5.40.